The average molecular weight is 403 g/mol. The second-order valence-corrected chi connectivity index (χ2v) is 7.16. The molecule has 3 rings (SSSR count). The van der Waals surface area contributed by atoms with E-state index < -0.39 is 5.97 Å². The maximum atomic E-state index is 12.6. The number of benzene rings is 2. The number of carbonyl (C=O) groups excluding carboxylic acids is 2. The van der Waals surface area contributed by atoms with E-state index in [0.717, 1.165) is 28.5 Å². The van der Waals surface area contributed by atoms with Crippen molar-refractivity contribution >= 4 is 28.5 Å². The van der Waals surface area contributed by atoms with Gasteiger partial charge in [-0.25, -0.2) is 0 Å². The molecule has 6 nitrogen and oxygen atoms in total. The summed E-state index contributed by atoms with van der Waals surface area (Å²) in [5.41, 5.74) is 4.01. The third kappa shape index (κ3) is 5.48. The molecular formula is C24H25N3O3. The van der Waals surface area contributed by atoms with Crippen molar-refractivity contribution in [1.29, 1.82) is 5.26 Å². The summed E-state index contributed by atoms with van der Waals surface area (Å²) in [5.74, 6) is -0.730. The number of hydrogen-bond acceptors (Lipinski definition) is 4. The quantitative estimate of drug-likeness (QED) is 0.540. The topological polar surface area (TPSA) is 86.2 Å². The first-order valence-electron chi connectivity index (χ1n) is 10.0. The summed E-state index contributed by atoms with van der Waals surface area (Å²) in [7, 11) is 0. The number of nitrogens with zero attached hydrogens (tertiary/aromatic N) is 2. The number of amides is 1. The molecule has 0 unspecified atom stereocenters. The number of aromatic nitrogens is 1. The number of H-pyrrole nitrogens is 1. The van der Waals surface area contributed by atoms with Gasteiger partial charge in [0.25, 0.3) is 5.91 Å². The van der Waals surface area contributed by atoms with Crippen LogP contribution >= 0.6 is 0 Å². The summed E-state index contributed by atoms with van der Waals surface area (Å²) in [5, 5.41) is 10.0. The van der Waals surface area contributed by atoms with Crippen molar-refractivity contribution in [2.75, 3.05) is 18.1 Å². The fourth-order valence-corrected chi connectivity index (χ4v) is 3.34. The Labute approximate surface area is 176 Å². The summed E-state index contributed by atoms with van der Waals surface area (Å²) in [4.78, 5) is 29.4. The first-order chi connectivity index (χ1) is 14.6. The van der Waals surface area contributed by atoms with Crippen LogP contribution in [0.2, 0.25) is 0 Å². The lowest BCUT2D eigenvalue weighted by molar-refractivity contribution is -0.147. The van der Waals surface area contributed by atoms with Crippen LogP contribution in [-0.4, -0.2) is 30.0 Å². The highest BCUT2D eigenvalue weighted by atomic mass is 16.5. The Bertz CT molecular complexity index is 1050. The normalized spacial score (nSPS) is 10.5. The van der Waals surface area contributed by atoms with Crippen molar-refractivity contribution in [1.82, 2.24) is 4.98 Å². The Hall–Kier alpha value is -3.59. The SMILES string of the molecule is Cc1ccc(N(CCC#N)C(=O)COC(=O)CCCc2c[nH]c3ccccc23)cc1. The van der Waals surface area contributed by atoms with E-state index in [1.807, 2.05) is 61.7 Å². The van der Waals surface area contributed by atoms with Gasteiger partial charge in [-0.15, -0.1) is 0 Å². The van der Waals surface area contributed by atoms with E-state index in [2.05, 4.69) is 11.1 Å². The molecule has 0 spiro atoms. The van der Waals surface area contributed by atoms with Crippen LogP contribution in [0.1, 0.15) is 30.4 Å². The van der Waals surface area contributed by atoms with E-state index in [0.29, 0.717) is 12.1 Å². The van der Waals surface area contributed by atoms with E-state index in [1.54, 1.807) is 0 Å². The molecule has 3 aromatic rings. The van der Waals surface area contributed by atoms with Crippen LogP contribution in [0.5, 0.6) is 0 Å². The molecule has 0 radical (unpaired) electrons. The van der Waals surface area contributed by atoms with Gasteiger partial charge in [-0.2, -0.15) is 5.26 Å². The Morgan fingerprint density at radius 2 is 1.90 bits per heavy atom. The van der Waals surface area contributed by atoms with E-state index >= 15 is 0 Å². The van der Waals surface area contributed by atoms with Crippen molar-refractivity contribution < 1.29 is 14.3 Å². The molecule has 154 valence electrons. The second-order valence-electron chi connectivity index (χ2n) is 7.16. The highest BCUT2D eigenvalue weighted by Gasteiger charge is 2.17. The number of nitriles is 1. The first-order valence-corrected chi connectivity index (χ1v) is 10.0. The van der Waals surface area contributed by atoms with Crippen LogP contribution in [-0.2, 0) is 20.7 Å². The summed E-state index contributed by atoms with van der Waals surface area (Å²) < 4.78 is 5.20. The number of fused-ring (bicyclic) bond motifs is 1. The van der Waals surface area contributed by atoms with Gasteiger partial charge in [0.1, 0.15) is 0 Å². The lowest BCUT2D eigenvalue weighted by Gasteiger charge is -2.21. The van der Waals surface area contributed by atoms with E-state index in [9.17, 15) is 9.59 Å². The largest absolute Gasteiger partial charge is 0.456 e. The second kappa shape index (κ2) is 10.3. The average Bonchev–Trinajstić information content (AvgIpc) is 3.17. The fourth-order valence-electron chi connectivity index (χ4n) is 3.34. The van der Waals surface area contributed by atoms with Gasteiger partial charge in [0.15, 0.2) is 6.61 Å². The third-order valence-corrected chi connectivity index (χ3v) is 4.95. The summed E-state index contributed by atoms with van der Waals surface area (Å²) in [6, 6.07) is 17.6. The van der Waals surface area contributed by atoms with Crippen molar-refractivity contribution in [3.63, 3.8) is 0 Å². The molecule has 30 heavy (non-hydrogen) atoms. The maximum Gasteiger partial charge on any atom is 0.306 e. The van der Waals surface area contributed by atoms with Gasteiger partial charge in [0.05, 0.1) is 12.5 Å². The number of esters is 1. The molecule has 1 aromatic heterocycles. The molecule has 0 saturated heterocycles. The molecule has 0 bridgehead atoms. The molecule has 0 aliphatic rings. The maximum absolute atomic E-state index is 12.6. The highest BCUT2D eigenvalue weighted by molar-refractivity contribution is 5.95. The van der Waals surface area contributed by atoms with Crippen LogP contribution in [0.25, 0.3) is 10.9 Å². The number of ether oxygens (including phenoxy) is 1. The zero-order valence-electron chi connectivity index (χ0n) is 17.1. The van der Waals surface area contributed by atoms with Gasteiger partial charge >= 0.3 is 5.97 Å². The highest BCUT2D eigenvalue weighted by Crippen LogP contribution is 2.20. The Morgan fingerprint density at radius 1 is 1.13 bits per heavy atom. The number of carbonyl (C=O) groups is 2. The lowest BCUT2D eigenvalue weighted by Crippen LogP contribution is -2.35. The third-order valence-electron chi connectivity index (χ3n) is 4.95. The number of rotatable bonds is 9. The number of aryl methyl sites for hydroxylation is 2. The summed E-state index contributed by atoms with van der Waals surface area (Å²) in [6.45, 7) is 1.89. The number of para-hydroxylation sites is 1. The summed E-state index contributed by atoms with van der Waals surface area (Å²) in [6.07, 6.45) is 3.82. The minimum Gasteiger partial charge on any atom is -0.456 e. The van der Waals surface area contributed by atoms with Crippen LogP contribution in [0.3, 0.4) is 0 Å². The van der Waals surface area contributed by atoms with Gasteiger partial charge in [-0.1, -0.05) is 35.9 Å². The van der Waals surface area contributed by atoms with Gasteiger partial charge < -0.3 is 14.6 Å². The molecule has 2 aromatic carbocycles. The van der Waals surface area contributed by atoms with E-state index in [-0.39, 0.29) is 31.9 Å². The van der Waals surface area contributed by atoms with Crippen molar-refractivity contribution in [3.8, 4) is 6.07 Å². The van der Waals surface area contributed by atoms with Crippen LogP contribution in [0.15, 0.2) is 54.7 Å². The number of anilines is 1. The smallest absolute Gasteiger partial charge is 0.306 e. The van der Waals surface area contributed by atoms with Crippen molar-refractivity contribution in [2.24, 2.45) is 0 Å². The molecular weight excluding hydrogens is 378 g/mol. The van der Waals surface area contributed by atoms with Crippen LogP contribution < -0.4 is 4.90 Å². The van der Waals surface area contributed by atoms with Crippen LogP contribution in [0.4, 0.5) is 5.69 Å². The minimum atomic E-state index is -0.396. The standard InChI is InChI=1S/C24H25N3O3/c1-18-10-12-20(13-11-18)27(15-5-14-25)23(28)17-30-24(29)9-4-6-19-16-26-22-8-3-2-7-21(19)22/h2-3,7-8,10-13,16,26H,4-6,9,15,17H2,1H3. The van der Waals surface area contributed by atoms with Gasteiger partial charge in [0, 0.05) is 35.8 Å². The molecule has 1 heterocycles. The predicted molar refractivity (Wildman–Crippen MR) is 116 cm³/mol. The molecule has 1 amide bonds. The monoisotopic (exact) mass is 403 g/mol. The molecule has 1 N–H and O–H groups in total. The molecule has 6 heteroatoms. The van der Waals surface area contributed by atoms with Gasteiger partial charge in [-0.3, -0.25) is 9.59 Å². The Kier molecular flexibility index (Phi) is 7.23. The molecule has 0 saturated carbocycles. The van der Waals surface area contributed by atoms with Crippen molar-refractivity contribution in [3.05, 3.63) is 65.9 Å². The zero-order chi connectivity index (χ0) is 21.3. The molecule has 0 aliphatic heterocycles. The predicted octanol–water partition coefficient (Wildman–Crippen LogP) is 4.29. The zero-order valence-corrected chi connectivity index (χ0v) is 17.1. The first kappa shape index (κ1) is 21.1. The lowest BCUT2D eigenvalue weighted by atomic mass is 10.1. The molecule has 0 fully saturated rings. The molecule has 0 atom stereocenters. The number of hydrogen-bond donors (Lipinski definition) is 1. The van der Waals surface area contributed by atoms with Gasteiger partial charge in [-0.05, 0) is 43.5 Å². The molecule has 0 aliphatic carbocycles. The van der Waals surface area contributed by atoms with E-state index in [1.165, 1.54) is 4.90 Å². The van der Waals surface area contributed by atoms with Crippen molar-refractivity contribution in [2.45, 2.75) is 32.6 Å². The fraction of sp³-hybridized carbons (Fsp3) is 0.292. The van der Waals surface area contributed by atoms with Crippen LogP contribution in [0, 0.1) is 18.3 Å². The van der Waals surface area contributed by atoms with E-state index in [4.69, 9.17) is 10.00 Å². The Balaban J connectivity index is 1.49. The number of nitrogens with one attached hydrogen (secondary N) is 1. The van der Waals surface area contributed by atoms with Gasteiger partial charge in [0.2, 0.25) is 0 Å². The Morgan fingerprint density at radius 3 is 2.67 bits per heavy atom. The number of aromatic amines is 1. The minimum absolute atomic E-state index is 0.207. The summed E-state index contributed by atoms with van der Waals surface area (Å²) >= 11 is 0.